The van der Waals surface area contributed by atoms with Crippen molar-refractivity contribution in [2.75, 3.05) is 45.8 Å². The van der Waals surface area contributed by atoms with Gasteiger partial charge >= 0.3 is 0 Å². The first kappa shape index (κ1) is 25.0. The average molecular weight is 470 g/mol. The lowest BCUT2D eigenvalue weighted by Crippen LogP contribution is -2.51. The Kier molecular flexibility index (Phi) is 8.59. The van der Waals surface area contributed by atoms with Crippen molar-refractivity contribution in [2.24, 2.45) is 0 Å². The molecule has 35 heavy (non-hydrogen) atoms. The molecule has 2 aliphatic rings. The van der Waals surface area contributed by atoms with Gasteiger partial charge in [-0.15, -0.1) is 0 Å². The smallest absolute Gasteiger partial charge is 0.237 e. The Hall–Kier alpha value is -3.11. The van der Waals surface area contributed by atoms with Crippen LogP contribution in [0.1, 0.15) is 37.3 Å². The van der Waals surface area contributed by atoms with E-state index in [1.165, 1.54) is 5.70 Å². The van der Waals surface area contributed by atoms with E-state index in [0.717, 1.165) is 76.2 Å². The van der Waals surface area contributed by atoms with Crippen molar-refractivity contribution < 1.29 is 4.79 Å². The zero-order valence-corrected chi connectivity index (χ0v) is 21.1. The standard InChI is InChI=1S/C31H39N3O/c1-3-5-18-29(4-2)33-25-23-32(24-26-33)22-19-31(27-14-8-6-9-15-27,28-16-10-7-11-17-28)30(35)34-20-12-13-21-34/h3-11,14-18H,1,12-13,19-26H2,2H3/b18-5-,29-4+. The van der Waals surface area contributed by atoms with Crippen molar-refractivity contribution in [3.8, 4) is 0 Å². The number of hydrogen-bond donors (Lipinski definition) is 0. The summed E-state index contributed by atoms with van der Waals surface area (Å²) < 4.78 is 0. The number of hydrogen-bond acceptors (Lipinski definition) is 3. The maximum Gasteiger partial charge on any atom is 0.237 e. The van der Waals surface area contributed by atoms with Crippen LogP contribution >= 0.6 is 0 Å². The van der Waals surface area contributed by atoms with Gasteiger partial charge in [-0.2, -0.15) is 0 Å². The molecule has 0 bridgehead atoms. The third-order valence-electron chi connectivity index (χ3n) is 7.53. The Labute approximate surface area is 211 Å². The molecule has 2 aromatic rings. The number of rotatable bonds is 9. The van der Waals surface area contributed by atoms with E-state index >= 15 is 0 Å². The molecule has 0 unspecified atom stereocenters. The fourth-order valence-electron chi connectivity index (χ4n) is 5.55. The molecule has 0 atom stereocenters. The Bertz CT molecular complexity index is 974. The van der Waals surface area contributed by atoms with Gasteiger partial charge < -0.3 is 9.80 Å². The molecule has 2 saturated heterocycles. The van der Waals surface area contributed by atoms with Gasteiger partial charge in [-0.3, -0.25) is 9.69 Å². The molecule has 2 fully saturated rings. The molecular weight excluding hydrogens is 430 g/mol. The lowest BCUT2D eigenvalue weighted by Gasteiger charge is -2.41. The van der Waals surface area contributed by atoms with Crippen LogP contribution in [0.15, 0.2) is 97.2 Å². The van der Waals surface area contributed by atoms with E-state index in [4.69, 9.17) is 0 Å². The van der Waals surface area contributed by atoms with Gasteiger partial charge in [-0.25, -0.2) is 0 Å². The number of nitrogens with zero attached hydrogens (tertiary/aromatic N) is 3. The number of carbonyl (C=O) groups is 1. The van der Waals surface area contributed by atoms with Crippen molar-refractivity contribution in [3.05, 3.63) is 108 Å². The first-order valence-corrected chi connectivity index (χ1v) is 13.0. The molecule has 0 N–H and O–H groups in total. The van der Waals surface area contributed by atoms with E-state index in [-0.39, 0.29) is 5.91 Å². The number of allylic oxidation sites excluding steroid dienone is 4. The number of piperazine rings is 1. The minimum Gasteiger partial charge on any atom is -0.369 e. The quantitative estimate of drug-likeness (QED) is 0.470. The van der Waals surface area contributed by atoms with E-state index < -0.39 is 5.41 Å². The summed E-state index contributed by atoms with van der Waals surface area (Å²) in [6, 6.07) is 20.9. The fourth-order valence-corrected chi connectivity index (χ4v) is 5.55. The van der Waals surface area contributed by atoms with Crippen LogP contribution < -0.4 is 0 Å². The van der Waals surface area contributed by atoms with Crippen LogP contribution in [0.5, 0.6) is 0 Å². The Morgan fingerprint density at radius 1 is 0.857 bits per heavy atom. The summed E-state index contributed by atoms with van der Waals surface area (Å²) in [7, 11) is 0. The minimum atomic E-state index is -0.662. The molecule has 0 aromatic heterocycles. The van der Waals surface area contributed by atoms with E-state index in [0.29, 0.717) is 0 Å². The van der Waals surface area contributed by atoms with Gasteiger partial charge in [0.1, 0.15) is 5.41 Å². The molecule has 2 aliphatic heterocycles. The van der Waals surface area contributed by atoms with E-state index in [2.05, 4.69) is 88.9 Å². The summed E-state index contributed by atoms with van der Waals surface area (Å²) in [6.45, 7) is 12.5. The number of benzene rings is 2. The summed E-state index contributed by atoms with van der Waals surface area (Å²) in [4.78, 5) is 21.4. The molecule has 4 nitrogen and oxygen atoms in total. The van der Waals surface area contributed by atoms with Crippen molar-refractivity contribution in [1.82, 2.24) is 14.7 Å². The van der Waals surface area contributed by atoms with Crippen molar-refractivity contribution in [2.45, 2.75) is 31.6 Å². The number of carbonyl (C=O) groups excluding carboxylic acids is 1. The number of likely N-dealkylation sites (tertiary alicyclic amines) is 1. The molecule has 0 spiro atoms. The maximum absolute atomic E-state index is 14.3. The van der Waals surface area contributed by atoms with Crippen molar-refractivity contribution >= 4 is 5.91 Å². The second-order valence-corrected chi connectivity index (χ2v) is 9.52. The zero-order valence-electron chi connectivity index (χ0n) is 21.1. The predicted octanol–water partition coefficient (Wildman–Crippen LogP) is 5.25. The van der Waals surface area contributed by atoms with Gasteiger partial charge in [0.05, 0.1) is 0 Å². The maximum atomic E-state index is 14.3. The van der Waals surface area contributed by atoms with Gasteiger partial charge in [-0.1, -0.05) is 85.5 Å². The normalized spacial score (nSPS) is 17.8. The largest absolute Gasteiger partial charge is 0.369 e. The highest BCUT2D eigenvalue weighted by molar-refractivity contribution is 5.92. The topological polar surface area (TPSA) is 26.8 Å². The predicted molar refractivity (Wildman–Crippen MR) is 145 cm³/mol. The Morgan fingerprint density at radius 3 is 1.94 bits per heavy atom. The average Bonchev–Trinajstić information content (AvgIpc) is 3.46. The highest BCUT2D eigenvalue weighted by atomic mass is 16.2. The summed E-state index contributed by atoms with van der Waals surface area (Å²) in [5.41, 5.74) is 2.79. The zero-order chi connectivity index (χ0) is 24.5. The SMILES string of the molecule is C=C/C=C\C(=C/C)N1CCN(CCC(C(=O)N2CCCC2)(c2ccccc2)c2ccccc2)CC1. The van der Waals surface area contributed by atoms with Crippen LogP contribution in [0, 0.1) is 0 Å². The minimum absolute atomic E-state index is 0.261. The molecule has 2 aromatic carbocycles. The van der Waals surface area contributed by atoms with Crippen LogP contribution in [0.3, 0.4) is 0 Å². The molecular formula is C31H39N3O. The van der Waals surface area contributed by atoms with E-state index in [1.54, 1.807) is 0 Å². The lowest BCUT2D eigenvalue weighted by molar-refractivity contribution is -0.135. The molecule has 4 heteroatoms. The summed E-state index contributed by atoms with van der Waals surface area (Å²) in [5.74, 6) is 0.261. The lowest BCUT2D eigenvalue weighted by atomic mass is 9.70. The first-order chi connectivity index (χ1) is 17.2. The van der Waals surface area contributed by atoms with Gasteiger partial charge in [0, 0.05) is 45.0 Å². The third kappa shape index (κ3) is 5.59. The van der Waals surface area contributed by atoms with Gasteiger partial charge in [0.15, 0.2) is 0 Å². The van der Waals surface area contributed by atoms with Crippen LogP contribution in [-0.4, -0.2) is 66.4 Å². The van der Waals surface area contributed by atoms with Gasteiger partial charge in [0.2, 0.25) is 5.91 Å². The highest BCUT2D eigenvalue weighted by Crippen LogP contribution is 2.39. The third-order valence-corrected chi connectivity index (χ3v) is 7.53. The summed E-state index contributed by atoms with van der Waals surface area (Å²) >= 11 is 0. The second kappa shape index (κ2) is 12.0. The molecule has 0 aliphatic carbocycles. The van der Waals surface area contributed by atoms with Crippen molar-refractivity contribution in [3.63, 3.8) is 0 Å². The molecule has 2 heterocycles. The first-order valence-electron chi connectivity index (χ1n) is 13.0. The number of amides is 1. The second-order valence-electron chi connectivity index (χ2n) is 9.52. The molecule has 1 amide bonds. The van der Waals surface area contributed by atoms with Gasteiger partial charge in [0.25, 0.3) is 0 Å². The van der Waals surface area contributed by atoms with Gasteiger partial charge in [-0.05, 0) is 49.9 Å². The summed E-state index contributed by atoms with van der Waals surface area (Å²) in [5, 5.41) is 0. The van der Waals surface area contributed by atoms with E-state index in [9.17, 15) is 4.79 Å². The Balaban J connectivity index is 1.58. The van der Waals surface area contributed by atoms with Crippen LogP contribution in [0.4, 0.5) is 0 Å². The van der Waals surface area contributed by atoms with Crippen LogP contribution in [0.25, 0.3) is 0 Å². The van der Waals surface area contributed by atoms with Crippen LogP contribution in [0.2, 0.25) is 0 Å². The molecule has 4 rings (SSSR count). The molecule has 184 valence electrons. The monoisotopic (exact) mass is 469 g/mol. The van der Waals surface area contributed by atoms with E-state index in [1.807, 2.05) is 24.3 Å². The Morgan fingerprint density at radius 2 is 1.43 bits per heavy atom. The van der Waals surface area contributed by atoms with Crippen LogP contribution in [-0.2, 0) is 10.2 Å². The molecule has 0 radical (unpaired) electrons. The van der Waals surface area contributed by atoms with Crippen molar-refractivity contribution in [1.29, 1.82) is 0 Å². The summed E-state index contributed by atoms with van der Waals surface area (Å²) in [6.07, 6.45) is 11.1. The molecule has 0 saturated carbocycles. The fraction of sp³-hybridized carbons (Fsp3) is 0.387. The highest BCUT2D eigenvalue weighted by Gasteiger charge is 2.45.